The van der Waals surface area contributed by atoms with Gasteiger partial charge in [0.2, 0.25) is 0 Å². The van der Waals surface area contributed by atoms with Gasteiger partial charge in [-0.3, -0.25) is 14.9 Å². The third kappa shape index (κ3) is 5.60. The minimum Gasteiger partial charge on any atom is -0.352 e. The first-order chi connectivity index (χ1) is 11.6. The number of nitrogens with one attached hydrogen (secondary N) is 1. The summed E-state index contributed by atoms with van der Waals surface area (Å²) >= 11 is 0. The summed E-state index contributed by atoms with van der Waals surface area (Å²) in [6.45, 7) is 6.00. The predicted octanol–water partition coefficient (Wildman–Crippen LogP) is 3.29. The number of hydrogen-bond acceptors (Lipinski definition) is 4. The lowest BCUT2D eigenvalue weighted by atomic mass is 10.1. The minimum atomic E-state index is -0.447. The first-order valence-electron chi connectivity index (χ1n) is 8.83. The zero-order valence-corrected chi connectivity index (χ0v) is 14.4. The van der Waals surface area contributed by atoms with Crippen molar-refractivity contribution in [2.45, 2.75) is 45.4 Å². The molecule has 0 bridgehead atoms. The van der Waals surface area contributed by atoms with Gasteiger partial charge in [0, 0.05) is 24.2 Å². The van der Waals surface area contributed by atoms with Gasteiger partial charge in [0.15, 0.2) is 0 Å². The van der Waals surface area contributed by atoms with Crippen molar-refractivity contribution in [1.82, 2.24) is 10.2 Å². The third-order valence-electron chi connectivity index (χ3n) is 4.55. The summed E-state index contributed by atoms with van der Waals surface area (Å²) in [5, 5.41) is 13.6. The zero-order valence-electron chi connectivity index (χ0n) is 14.4. The normalized spacial score (nSPS) is 15.2. The van der Waals surface area contributed by atoms with Crippen molar-refractivity contribution in [2.75, 3.05) is 26.2 Å². The molecule has 132 valence electrons. The van der Waals surface area contributed by atoms with Crippen LogP contribution in [0.2, 0.25) is 0 Å². The van der Waals surface area contributed by atoms with Crippen LogP contribution in [-0.2, 0) is 0 Å². The Morgan fingerprint density at radius 3 is 2.62 bits per heavy atom. The maximum atomic E-state index is 12.1. The zero-order chi connectivity index (χ0) is 17.4. The van der Waals surface area contributed by atoms with Crippen LogP contribution < -0.4 is 5.32 Å². The number of benzene rings is 1. The topological polar surface area (TPSA) is 75.5 Å². The predicted molar refractivity (Wildman–Crippen MR) is 94.3 cm³/mol. The molecule has 24 heavy (non-hydrogen) atoms. The number of piperidine rings is 1. The number of rotatable bonds is 8. The highest BCUT2D eigenvalue weighted by Gasteiger charge is 2.13. The average Bonchev–Trinajstić information content (AvgIpc) is 2.58. The quantitative estimate of drug-likeness (QED) is 0.450. The van der Waals surface area contributed by atoms with E-state index in [2.05, 4.69) is 10.2 Å². The van der Waals surface area contributed by atoms with E-state index < -0.39 is 4.92 Å². The first-order valence-corrected chi connectivity index (χ1v) is 8.83. The van der Waals surface area contributed by atoms with Gasteiger partial charge in [-0.15, -0.1) is 0 Å². The molecule has 1 aliphatic rings. The van der Waals surface area contributed by atoms with Crippen LogP contribution in [-0.4, -0.2) is 41.9 Å². The van der Waals surface area contributed by atoms with Gasteiger partial charge < -0.3 is 10.2 Å². The lowest BCUT2D eigenvalue weighted by Gasteiger charge is -2.26. The number of nitro groups is 1. The van der Waals surface area contributed by atoms with E-state index in [0.29, 0.717) is 17.7 Å². The Morgan fingerprint density at radius 2 is 1.96 bits per heavy atom. The summed E-state index contributed by atoms with van der Waals surface area (Å²) in [5.41, 5.74) is 1.16. The minimum absolute atomic E-state index is 0.0155. The van der Waals surface area contributed by atoms with Gasteiger partial charge in [-0.25, -0.2) is 0 Å². The molecule has 1 fully saturated rings. The molecule has 2 rings (SSSR count). The van der Waals surface area contributed by atoms with E-state index in [0.717, 1.165) is 19.4 Å². The number of amides is 1. The molecule has 1 amide bonds. The number of nitrogens with zero attached hydrogens (tertiary/aromatic N) is 2. The van der Waals surface area contributed by atoms with Gasteiger partial charge >= 0.3 is 0 Å². The molecule has 0 spiro atoms. The number of likely N-dealkylation sites (tertiary alicyclic amines) is 1. The van der Waals surface area contributed by atoms with Gasteiger partial charge in [-0.05, 0) is 63.9 Å². The van der Waals surface area contributed by atoms with Crippen LogP contribution in [0.1, 0.15) is 54.4 Å². The van der Waals surface area contributed by atoms with Crippen LogP contribution >= 0.6 is 0 Å². The van der Waals surface area contributed by atoms with Crippen molar-refractivity contribution >= 4 is 11.6 Å². The van der Waals surface area contributed by atoms with Crippen molar-refractivity contribution in [3.63, 3.8) is 0 Å². The Kier molecular flexibility index (Phi) is 7.18. The smallest absolute Gasteiger partial charge is 0.269 e. The van der Waals surface area contributed by atoms with Crippen LogP contribution in [0.25, 0.3) is 0 Å². The highest BCUT2D eigenvalue weighted by Crippen LogP contribution is 2.17. The Labute approximate surface area is 143 Å². The summed E-state index contributed by atoms with van der Waals surface area (Å²) < 4.78 is 0. The van der Waals surface area contributed by atoms with Crippen LogP contribution in [0.3, 0.4) is 0 Å². The standard InChI is InChI=1S/C18H27N3O3/c1-15-14-16(21(23)24)8-9-17(15)18(22)19-10-4-2-5-11-20-12-6-3-7-13-20/h8-9,14H,2-7,10-13H2,1H3,(H,19,22). The van der Waals surface area contributed by atoms with Gasteiger partial charge in [-0.1, -0.05) is 12.8 Å². The van der Waals surface area contributed by atoms with Crippen molar-refractivity contribution in [3.05, 3.63) is 39.4 Å². The summed E-state index contributed by atoms with van der Waals surface area (Å²) in [6, 6.07) is 4.34. The Hall–Kier alpha value is -1.95. The molecule has 0 aromatic heterocycles. The Balaban J connectivity index is 1.65. The molecule has 6 nitrogen and oxygen atoms in total. The molecular formula is C18H27N3O3. The number of non-ortho nitro benzene ring substituents is 1. The summed E-state index contributed by atoms with van der Waals surface area (Å²) in [7, 11) is 0. The summed E-state index contributed by atoms with van der Waals surface area (Å²) in [4.78, 5) is 24.9. The van der Waals surface area contributed by atoms with E-state index in [-0.39, 0.29) is 11.6 Å². The highest BCUT2D eigenvalue weighted by atomic mass is 16.6. The number of carbonyl (C=O) groups is 1. The molecular weight excluding hydrogens is 306 g/mol. The summed E-state index contributed by atoms with van der Waals surface area (Å²) in [5.74, 6) is -0.154. The molecule has 0 aliphatic carbocycles. The van der Waals surface area contributed by atoms with Crippen molar-refractivity contribution in [1.29, 1.82) is 0 Å². The monoisotopic (exact) mass is 333 g/mol. The van der Waals surface area contributed by atoms with Crippen molar-refractivity contribution in [3.8, 4) is 0 Å². The number of carbonyl (C=O) groups excluding carboxylic acids is 1. The SMILES string of the molecule is Cc1cc([N+](=O)[O-])ccc1C(=O)NCCCCCN1CCCCC1. The van der Waals surface area contributed by atoms with Crippen molar-refractivity contribution < 1.29 is 9.72 Å². The maximum absolute atomic E-state index is 12.1. The average molecular weight is 333 g/mol. The molecule has 0 radical (unpaired) electrons. The van der Waals surface area contributed by atoms with E-state index in [4.69, 9.17) is 0 Å². The van der Waals surface area contributed by atoms with Crippen molar-refractivity contribution in [2.24, 2.45) is 0 Å². The van der Waals surface area contributed by atoms with Crippen LogP contribution in [0.15, 0.2) is 18.2 Å². The summed E-state index contributed by atoms with van der Waals surface area (Å²) in [6.07, 6.45) is 7.26. The largest absolute Gasteiger partial charge is 0.352 e. The molecule has 0 unspecified atom stereocenters. The first kappa shape index (κ1) is 18.4. The fourth-order valence-electron chi connectivity index (χ4n) is 3.13. The fourth-order valence-corrected chi connectivity index (χ4v) is 3.13. The Morgan fingerprint density at radius 1 is 1.21 bits per heavy atom. The van der Waals surface area contributed by atoms with Crippen LogP contribution in [0.5, 0.6) is 0 Å². The highest BCUT2D eigenvalue weighted by molar-refractivity contribution is 5.95. The van der Waals surface area contributed by atoms with E-state index in [1.807, 2.05) is 0 Å². The number of hydrogen-bond donors (Lipinski definition) is 1. The third-order valence-corrected chi connectivity index (χ3v) is 4.55. The van der Waals surface area contributed by atoms with Gasteiger partial charge in [-0.2, -0.15) is 0 Å². The molecule has 1 saturated heterocycles. The van der Waals surface area contributed by atoms with Crippen LogP contribution in [0.4, 0.5) is 5.69 Å². The van der Waals surface area contributed by atoms with E-state index >= 15 is 0 Å². The van der Waals surface area contributed by atoms with Crippen LogP contribution in [0, 0.1) is 17.0 Å². The van der Waals surface area contributed by atoms with Gasteiger partial charge in [0.05, 0.1) is 4.92 Å². The number of nitro benzene ring substituents is 1. The fraction of sp³-hybridized carbons (Fsp3) is 0.611. The molecule has 1 N–H and O–H groups in total. The number of unbranched alkanes of at least 4 members (excludes halogenated alkanes) is 2. The molecule has 0 saturated carbocycles. The van der Waals surface area contributed by atoms with Gasteiger partial charge in [0.25, 0.3) is 11.6 Å². The number of aryl methyl sites for hydroxylation is 1. The second-order valence-corrected chi connectivity index (χ2v) is 6.48. The second-order valence-electron chi connectivity index (χ2n) is 6.48. The Bertz CT molecular complexity index is 569. The van der Waals surface area contributed by atoms with E-state index in [9.17, 15) is 14.9 Å². The van der Waals surface area contributed by atoms with Gasteiger partial charge in [0.1, 0.15) is 0 Å². The van der Waals surface area contributed by atoms with E-state index in [1.54, 1.807) is 6.92 Å². The van der Waals surface area contributed by atoms with E-state index in [1.165, 1.54) is 57.0 Å². The molecule has 1 heterocycles. The molecule has 1 aromatic carbocycles. The molecule has 1 aliphatic heterocycles. The lowest BCUT2D eigenvalue weighted by Crippen LogP contribution is -2.30. The molecule has 6 heteroatoms. The second kappa shape index (κ2) is 9.37. The lowest BCUT2D eigenvalue weighted by molar-refractivity contribution is -0.384. The maximum Gasteiger partial charge on any atom is 0.269 e. The molecule has 0 atom stereocenters. The molecule has 1 aromatic rings.